The smallest absolute Gasteiger partial charge is 0.243 e. The number of halogens is 1. The third-order valence-electron chi connectivity index (χ3n) is 9.72. The van der Waals surface area contributed by atoms with Gasteiger partial charge in [0.2, 0.25) is 21.8 Å². The molecule has 44 heavy (non-hydrogen) atoms. The summed E-state index contributed by atoms with van der Waals surface area (Å²) in [5.41, 5.74) is 1.62. The topological polar surface area (TPSA) is 105 Å². The van der Waals surface area contributed by atoms with Gasteiger partial charge in [-0.1, -0.05) is 38.5 Å². The van der Waals surface area contributed by atoms with Gasteiger partial charge < -0.3 is 10.1 Å². The Morgan fingerprint density at radius 2 is 1.82 bits per heavy atom. The Labute approximate surface area is 261 Å². The molecule has 2 N–H and O–H groups in total. The van der Waals surface area contributed by atoms with Gasteiger partial charge in [-0.05, 0) is 105 Å². The molecule has 1 saturated heterocycles. The maximum absolute atomic E-state index is 15.3. The first-order valence-electron chi connectivity index (χ1n) is 15.6. The first-order chi connectivity index (χ1) is 20.5. The van der Waals surface area contributed by atoms with Gasteiger partial charge in [-0.2, -0.15) is 0 Å². The zero-order valence-electron chi connectivity index (χ0n) is 26.7. The van der Waals surface area contributed by atoms with Crippen LogP contribution >= 0.6 is 0 Å². The van der Waals surface area contributed by atoms with E-state index in [1.54, 1.807) is 32.0 Å². The molecule has 2 aromatic carbocycles. The maximum atomic E-state index is 15.3. The number of rotatable bonds is 10. The molecule has 2 amide bonds. The monoisotopic (exact) mass is 627 g/mol. The lowest BCUT2D eigenvalue weighted by Gasteiger charge is -2.37. The first kappa shape index (κ1) is 32.4. The highest BCUT2D eigenvalue weighted by Gasteiger charge is 2.41. The Bertz CT molecular complexity index is 1530. The van der Waals surface area contributed by atoms with Crippen LogP contribution in [-0.2, 0) is 25.0 Å². The standard InChI is InChI=1S/C34H46FN3O5S/c1-33(2)18-28(38(5)20-33)31(39)36-24-15-21(16-24)19-43-29-14-13-23(34(3,4)32(40)37-44(6,41)42)17-26(29)25-11-8-12-27(35)30(25)22-9-7-10-22/h8,11-14,17,21-22,24,28H,7,9-10,15-16,18-20H2,1-6H3,(H,36,39)(H,37,40)/t21?,24?,28-/m0/s1. The molecular weight excluding hydrogens is 581 g/mol. The van der Waals surface area contributed by atoms with E-state index in [9.17, 15) is 18.0 Å². The highest BCUT2D eigenvalue weighted by atomic mass is 32.2. The number of hydrogen-bond acceptors (Lipinski definition) is 6. The number of likely N-dealkylation sites (N-methyl/N-ethyl adjacent to an activating group) is 1. The van der Waals surface area contributed by atoms with Crippen LogP contribution in [0.5, 0.6) is 5.75 Å². The molecule has 10 heteroatoms. The molecule has 3 aliphatic rings. The summed E-state index contributed by atoms with van der Waals surface area (Å²) in [6, 6.07) is 10.5. The lowest BCUT2D eigenvalue weighted by molar-refractivity contribution is -0.127. The van der Waals surface area contributed by atoms with Crippen LogP contribution in [0, 0.1) is 17.2 Å². The van der Waals surface area contributed by atoms with Crippen molar-refractivity contribution in [2.24, 2.45) is 11.3 Å². The van der Waals surface area contributed by atoms with Crippen molar-refractivity contribution in [1.29, 1.82) is 0 Å². The molecule has 0 bridgehead atoms. The summed E-state index contributed by atoms with van der Waals surface area (Å²) in [5, 5.41) is 3.22. The molecule has 2 aliphatic carbocycles. The van der Waals surface area contributed by atoms with Crippen LogP contribution in [0.3, 0.4) is 0 Å². The van der Waals surface area contributed by atoms with Crippen LogP contribution in [0.1, 0.15) is 83.3 Å². The second kappa shape index (κ2) is 12.1. The summed E-state index contributed by atoms with van der Waals surface area (Å²) in [6.45, 7) is 9.07. The van der Waals surface area contributed by atoms with Crippen LogP contribution in [0.25, 0.3) is 11.1 Å². The predicted molar refractivity (Wildman–Crippen MR) is 169 cm³/mol. The van der Waals surface area contributed by atoms with E-state index in [2.05, 4.69) is 28.8 Å². The molecule has 0 aromatic heterocycles. The van der Waals surface area contributed by atoms with Crippen molar-refractivity contribution in [3.63, 3.8) is 0 Å². The minimum Gasteiger partial charge on any atom is -0.493 e. The Balaban J connectivity index is 1.33. The van der Waals surface area contributed by atoms with E-state index >= 15 is 4.39 Å². The van der Waals surface area contributed by atoms with E-state index in [1.807, 2.05) is 19.2 Å². The van der Waals surface area contributed by atoms with Gasteiger partial charge in [-0.15, -0.1) is 0 Å². The van der Waals surface area contributed by atoms with Crippen molar-refractivity contribution in [3.8, 4) is 16.9 Å². The minimum atomic E-state index is -3.75. The fourth-order valence-electron chi connectivity index (χ4n) is 6.88. The number of carbonyl (C=O) groups excluding carboxylic acids is 2. The van der Waals surface area contributed by atoms with Crippen molar-refractivity contribution in [2.45, 2.75) is 89.6 Å². The molecule has 0 spiro atoms. The van der Waals surface area contributed by atoms with E-state index in [4.69, 9.17) is 4.74 Å². The van der Waals surface area contributed by atoms with Gasteiger partial charge in [0.15, 0.2) is 0 Å². The second-order valence-electron chi connectivity index (χ2n) is 14.5. The Morgan fingerprint density at radius 3 is 2.41 bits per heavy atom. The summed E-state index contributed by atoms with van der Waals surface area (Å²) in [7, 11) is -1.74. The molecule has 5 rings (SSSR count). The van der Waals surface area contributed by atoms with Gasteiger partial charge in [-0.3, -0.25) is 19.2 Å². The Hall–Kier alpha value is -2.98. The van der Waals surface area contributed by atoms with Crippen LogP contribution < -0.4 is 14.8 Å². The Kier molecular flexibility index (Phi) is 8.90. The summed E-state index contributed by atoms with van der Waals surface area (Å²) < 4.78 is 47.4. The number of hydrogen-bond donors (Lipinski definition) is 2. The highest BCUT2D eigenvalue weighted by molar-refractivity contribution is 7.89. The SMILES string of the molecule is CN1CC(C)(C)C[C@H]1C(=O)NC1CC(COc2ccc(C(C)(C)C(=O)NS(C)(=O)=O)cc2-c2cccc(F)c2C2CCC2)C1. The molecule has 2 aromatic rings. The van der Waals surface area contributed by atoms with Gasteiger partial charge in [0.1, 0.15) is 11.6 Å². The van der Waals surface area contributed by atoms with Gasteiger partial charge in [-0.25, -0.2) is 12.8 Å². The van der Waals surface area contributed by atoms with E-state index in [1.165, 1.54) is 6.07 Å². The number of nitrogens with one attached hydrogen (secondary N) is 2. The van der Waals surface area contributed by atoms with Gasteiger partial charge in [0, 0.05) is 18.2 Å². The maximum Gasteiger partial charge on any atom is 0.243 e. The zero-order chi connectivity index (χ0) is 32.0. The van der Waals surface area contributed by atoms with E-state index in [0.717, 1.165) is 56.9 Å². The molecule has 3 fully saturated rings. The number of carbonyl (C=O) groups is 2. The summed E-state index contributed by atoms with van der Waals surface area (Å²) >= 11 is 0. The predicted octanol–water partition coefficient (Wildman–Crippen LogP) is 5.12. The molecule has 1 heterocycles. The van der Waals surface area contributed by atoms with Crippen LogP contribution in [0.15, 0.2) is 36.4 Å². The summed E-state index contributed by atoms with van der Waals surface area (Å²) in [5.74, 6) is 0.157. The van der Waals surface area contributed by atoms with Crippen molar-refractivity contribution < 1.29 is 27.1 Å². The molecule has 0 unspecified atom stereocenters. The molecular formula is C34H46FN3O5S. The molecule has 240 valence electrons. The number of likely N-dealkylation sites (tertiary alicyclic amines) is 1. The fraction of sp³-hybridized carbons (Fsp3) is 0.588. The first-order valence-corrected chi connectivity index (χ1v) is 17.5. The number of amides is 2. The summed E-state index contributed by atoms with van der Waals surface area (Å²) in [6.07, 6.45) is 6.32. The van der Waals surface area contributed by atoms with Crippen LogP contribution in [0.4, 0.5) is 4.39 Å². The number of benzene rings is 2. The third-order valence-corrected chi connectivity index (χ3v) is 10.3. The summed E-state index contributed by atoms with van der Waals surface area (Å²) in [4.78, 5) is 28.1. The minimum absolute atomic E-state index is 0.0949. The Morgan fingerprint density at radius 1 is 1.11 bits per heavy atom. The lowest BCUT2D eigenvalue weighted by Crippen LogP contribution is -2.51. The van der Waals surface area contributed by atoms with Crippen molar-refractivity contribution in [1.82, 2.24) is 14.9 Å². The number of sulfonamides is 1. The fourth-order valence-corrected chi connectivity index (χ4v) is 7.47. The molecule has 1 atom stereocenters. The van der Waals surface area contributed by atoms with Crippen molar-refractivity contribution >= 4 is 21.8 Å². The van der Waals surface area contributed by atoms with Gasteiger partial charge >= 0.3 is 0 Å². The quantitative estimate of drug-likeness (QED) is 0.379. The highest BCUT2D eigenvalue weighted by Crippen LogP contribution is 2.45. The third kappa shape index (κ3) is 6.96. The normalized spacial score (nSPS) is 23.8. The average Bonchev–Trinajstić information content (AvgIpc) is 3.16. The van der Waals surface area contributed by atoms with Crippen LogP contribution in [-0.4, -0.2) is 63.7 Å². The molecule has 0 radical (unpaired) electrons. The molecule has 8 nitrogen and oxygen atoms in total. The number of nitrogens with zero attached hydrogens (tertiary/aromatic N) is 1. The van der Waals surface area contributed by atoms with Crippen molar-refractivity contribution in [3.05, 3.63) is 53.3 Å². The van der Waals surface area contributed by atoms with E-state index < -0.39 is 21.3 Å². The number of ether oxygens (including phenoxy) is 1. The van der Waals surface area contributed by atoms with E-state index in [-0.39, 0.29) is 41.1 Å². The zero-order valence-corrected chi connectivity index (χ0v) is 27.5. The second-order valence-corrected chi connectivity index (χ2v) is 16.3. The molecule has 1 aliphatic heterocycles. The largest absolute Gasteiger partial charge is 0.493 e. The van der Waals surface area contributed by atoms with Crippen LogP contribution in [0.2, 0.25) is 0 Å². The molecule has 2 saturated carbocycles. The van der Waals surface area contributed by atoms with Gasteiger partial charge in [0.05, 0.1) is 24.3 Å². The van der Waals surface area contributed by atoms with E-state index in [0.29, 0.717) is 29.0 Å². The van der Waals surface area contributed by atoms with Crippen molar-refractivity contribution in [2.75, 3.05) is 26.5 Å². The lowest BCUT2D eigenvalue weighted by atomic mass is 9.76. The van der Waals surface area contributed by atoms with Gasteiger partial charge in [0.25, 0.3) is 0 Å². The average molecular weight is 628 g/mol.